The van der Waals surface area contributed by atoms with Crippen LogP contribution in [0.1, 0.15) is 15.9 Å². The van der Waals surface area contributed by atoms with E-state index >= 15 is 0 Å². The molecule has 0 atom stereocenters. The molecule has 0 amide bonds. The Morgan fingerprint density at radius 2 is 1.75 bits per heavy atom. The normalized spacial score (nSPS) is 14.7. The van der Waals surface area contributed by atoms with Gasteiger partial charge in [0.05, 0.1) is 24.2 Å². The van der Waals surface area contributed by atoms with Gasteiger partial charge in [-0.2, -0.15) is 0 Å². The molecule has 0 spiro atoms. The van der Waals surface area contributed by atoms with Gasteiger partial charge in [0.2, 0.25) is 0 Å². The highest BCUT2D eigenvalue weighted by atomic mass is 16.5. The van der Waals surface area contributed by atoms with E-state index in [0.717, 1.165) is 60.8 Å². The number of H-pyrrole nitrogens is 1. The molecule has 1 saturated heterocycles. The number of Topliss-reactive ketones (excluding diaryl/α,β-unsaturated/α-hetero) is 1. The first kappa shape index (κ1) is 20.6. The standard InChI is InChI=1S/C26H25N3O3/c30-17-25(31)22-8-9-23-24(15-22)28-26(27-23)20-6-4-19(5-7-20)21-3-1-2-18(14-21)16-29-10-12-32-13-11-29/h1-9,14-15,30H,10-13,16-17H2,(H,27,28). The zero-order chi connectivity index (χ0) is 21.9. The lowest BCUT2D eigenvalue weighted by atomic mass is 10.0. The highest BCUT2D eigenvalue weighted by Crippen LogP contribution is 2.26. The van der Waals surface area contributed by atoms with E-state index in [2.05, 4.69) is 63.4 Å². The van der Waals surface area contributed by atoms with Crippen LogP contribution in [0.4, 0.5) is 0 Å². The molecule has 0 radical (unpaired) electrons. The van der Waals surface area contributed by atoms with Gasteiger partial charge < -0.3 is 14.8 Å². The fraction of sp³-hybridized carbons (Fsp3) is 0.231. The molecular formula is C26H25N3O3. The van der Waals surface area contributed by atoms with E-state index in [9.17, 15) is 4.79 Å². The van der Waals surface area contributed by atoms with E-state index in [0.29, 0.717) is 5.56 Å². The molecule has 5 rings (SSSR count). The molecule has 3 aromatic carbocycles. The number of hydrogen-bond donors (Lipinski definition) is 2. The third-order valence-corrected chi connectivity index (χ3v) is 5.88. The lowest BCUT2D eigenvalue weighted by Crippen LogP contribution is -2.35. The van der Waals surface area contributed by atoms with Crippen LogP contribution in [0.5, 0.6) is 0 Å². The summed E-state index contributed by atoms with van der Waals surface area (Å²) in [6, 6.07) is 22.2. The summed E-state index contributed by atoms with van der Waals surface area (Å²) < 4.78 is 5.44. The highest BCUT2D eigenvalue weighted by Gasteiger charge is 2.12. The number of hydrogen-bond acceptors (Lipinski definition) is 5. The summed E-state index contributed by atoms with van der Waals surface area (Å²) in [5.41, 5.74) is 6.67. The van der Waals surface area contributed by atoms with Crippen molar-refractivity contribution in [2.24, 2.45) is 0 Å². The van der Waals surface area contributed by atoms with Crippen LogP contribution in [-0.4, -0.2) is 58.7 Å². The minimum Gasteiger partial charge on any atom is -0.388 e. The number of aliphatic hydroxyl groups excluding tert-OH is 1. The van der Waals surface area contributed by atoms with Crippen molar-refractivity contribution in [1.29, 1.82) is 0 Å². The maximum absolute atomic E-state index is 11.7. The van der Waals surface area contributed by atoms with Crippen LogP contribution in [0.15, 0.2) is 66.7 Å². The second-order valence-electron chi connectivity index (χ2n) is 8.06. The summed E-state index contributed by atoms with van der Waals surface area (Å²) in [6.45, 7) is 4.01. The van der Waals surface area contributed by atoms with Crippen LogP contribution in [0.3, 0.4) is 0 Å². The second kappa shape index (κ2) is 9.04. The van der Waals surface area contributed by atoms with Crippen LogP contribution in [0.2, 0.25) is 0 Å². The third kappa shape index (κ3) is 4.34. The minimum absolute atomic E-state index is 0.303. The van der Waals surface area contributed by atoms with E-state index < -0.39 is 6.61 Å². The molecule has 4 aromatic rings. The van der Waals surface area contributed by atoms with E-state index in [-0.39, 0.29) is 5.78 Å². The Morgan fingerprint density at radius 3 is 2.53 bits per heavy atom. The van der Waals surface area contributed by atoms with Crippen LogP contribution in [-0.2, 0) is 11.3 Å². The first-order chi connectivity index (χ1) is 15.7. The van der Waals surface area contributed by atoms with Gasteiger partial charge in [-0.15, -0.1) is 0 Å². The average Bonchev–Trinajstić information content (AvgIpc) is 3.28. The topological polar surface area (TPSA) is 78.4 Å². The number of fused-ring (bicyclic) bond motifs is 1. The van der Waals surface area contributed by atoms with Gasteiger partial charge in [-0.1, -0.05) is 42.5 Å². The summed E-state index contributed by atoms with van der Waals surface area (Å²) in [5, 5.41) is 9.08. The fourth-order valence-electron chi connectivity index (χ4n) is 4.10. The predicted octanol–water partition coefficient (Wildman–Crippen LogP) is 3.90. The molecule has 2 heterocycles. The number of ketones is 1. The van der Waals surface area contributed by atoms with Gasteiger partial charge in [0.1, 0.15) is 12.4 Å². The first-order valence-electron chi connectivity index (χ1n) is 10.8. The molecule has 6 nitrogen and oxygen atoms in total. The summed E-state index contributed by atoms with van der Waals surface area (Å²) in [5.74, 6) is 0.449. The number of morpholine rings is 1. The number of nitrogens with one attached hydrogen (secondary N) is 1. The number of carbonyl (C=O) groups excluding carboxylic acids is 1. The van der Waals surface area contributed by atoms with Crippen molar-refractivity contribution >= 4 is 16.8 Å². The smallest absolute Gasteiger partial charge is 0.188 e. The van der Waals surface area contributed by atoms with Crippen LogP contribution < -0.4 is 0 Å². The molecule has 1 aliphatic heterocycles. The number of benzene rings is 3. The van der Waals surface area contributed by atoms with E-state index in [1.165, 1.54) is 11.1 Å². The molecular weight excluding hydrogens is 402 g/mol. The Labute approximate surface area is 186 Å². The van der Waals surface area contributed by atoms with E-state index in [4.69, 9.17) is 9.84 Å². The molecule has 162 valence electrons. The molecule has 2 N–H and O–H groups in total. The quantitative estimate of drug-likeness (QED) is 0.456. The van der Waals surface area contributed by atoms with Gasteiger partial charge in [0.25, 0.3) is 0 Å². The van der Waals surface area contributed by atoms with Crippen LogP contribution >= 0.6 is 0 Å². The molecule has 1 aromatic heterocycles. The van der Waals surface area contributed by atoms with Crippen molar-refractivity contribution in [3.63, 3.8) is 0 Å². The maximum atomic E-state index is 11.7. The summed E-state index contributed by atoms with van der Waals surface area (Å²) >= 11 is 0. The number of aromatic amines is 1. The zero-order valence-corrected chi connectivity index (χ0v) is 17.8. The summed E-state index contributed by atoms with van der Waals surface area (Å²) in [6.07, 6.45) is 0. The van der Waals surface area contributed by atoms with E-state index in [1.54, 1.807) is 18.2 Å². The van der Waals surface area contributed by atoms with Gasteiger partial charge in [-0.3, -0.25) is 9.69 Å². The van der Waals surface area contributed by atoms with Crippen molar-refractivity contribution in [1.82, 2.24) is 14.9 Å². The van der Waals surface area contributed by atoms with Crippen LogP contribution in [0.25, 0.3) is 33.5 Å². The number of imidazole rings is 1. The Hall–Kier alpha value is -3.32. The van der Waals surface area contributed by atoms with Gasteiger partial charge in [-0.05, 0) is 41.0 Å². The van der Waals surface area contributed by atoms with Crippen molar-refractivity contribution in [2.45, 2.75) is 6.54 Å². The van der Waals surface area contributed by atoms with Gasteiger partial charge >= 0.3 is 0 Å². The SMILES string of the molecule is O=C(CO)c1ccc2nc(-c3ccc(-c4cccc(CN5CCOCC5)c4)cc3)[nH]c2c1. The zero-order valence-electron chi connectivity index (χ0n) is 17.8. The van der Waals surface area contributed by atoms with Gasteiger partial charge in [0, 0.05) is 30.8 Å². The largest absolute Gasteiger partial charge is 0.388 e. The number of ether oxygens (including phenoxy) is 1. The minimum atomic E-state index is -0.498. The monoisotopic (exact) mass is 427 g/mol. The van der Waals surface area contributed by atoms with E-state index in [1.807, 2.05) is 0 Å². The third-order valence-electron chi connectivity index (χ3n) is 5.88. The van der Waals surface area contributed by atoms with Crippen molar-refractivity contribution < 1.29 is 14.6 Å². The first-order valence-corrected chi connectivity index (χ1v) is 10.8. The molecule has 6 heteroatoms. The second-order valence-corrected chi connectivity index (χ2v) is 8.06. The highest BCUT2D eigenvalue weighted by molar-refractivity contribution is 5.99. The molecule has 1 aliphatic rings. The van der Waals surface area contributed by atoms with Crippen molar-refractivity contribution in [2.75, 3.05) is 32.9 Å². The lowest BCUT2D eigenvalue weighted by Gasteiger charge is -2.26. The number of carbonyl (C=O) groups is 1. The van der Waals surface area contributed by atoms with Gasteiger partial charge in [-0.25, -0.2) is 4.98 Å². The fourth-order valence-corrected chi connectivity index (χ4v) is 4.10. The number of rotatable bonds is 6. The molecule has 0 unspecified atom stereocenters. The average molecular weight is 428 g/mol. The Bertz CT molecular complexity index is 1240. The molecule has 0 aliphatic carbocycles. The Morgan fingerprint density at radius 1 is 0.969 bits per heavy atom. The molecule has 1 fully saturated rings. The predicted molar refractivity (Wildman–Crippen MR) is 124 cm³/mol. The number of aliphatic hydroxyl groups is 1. The summed E-state index contributed by atoms with van der Waals surface area (Å²) in [7, 11) is 0. The van der Waals surface area contributed by atoms with Crippen molar-refractivity contribution in [3.05, 3.63) is 77.9 Å². The molecule has 0 saturated carbocycles. The summed E-state index contributed by atoms with van der Waals surface area (Å²) in [4.78, 5) is 22.1. The Kier molecular flexibility index (Phi) is 5.81. The van der Waals surface area contributed by atoms with Crippen LogP contribution in [0, 0.1) is 0 Å². The molecule has 0 bridgehead atoms. The Balaban J connectivity index is 1.36. The van der Waals surface area contributed by atoms with Crippen molar-refractivity contribution in [3.8, 4) is 22.5 Å². The maximum Gasteiger partial charge on any atom is 0.188 e. The lowest BCUT2D eigenvalue weighted by molar-refractivity contribution is 0.0342. The number of nitrogens with zero attached hydrogens (tertiary/aromatic N) is 2. The molecule has 32 heavy (non-hydrogen) atoms. The number of aromatic nitrogens is 2. The van der Waals surface area contributed by atoms with Gasteiger partial charge in [0.15, 0.2) is 5.78 Å².